The number of pyridine rings is 1. The van der Waals surface area contributed by atoms with Gasteiger partial charge in [-0.2, -0.15) is 13.2 Å². The van der Waals surface area contributed by atoms with Crippen molar-refractivity contribution in [2.75, 3.05) is 0 Å². The minimum Gasteiger partial charge on any atom is -0.345 e. The highest BCUT2D eigenvalue weighted by Crippen LogP contribution is 2.34. The van der Waals surface area contributed by atoms with Crippen LogP contribution in [0.4, 0.5) is 13.2 Å². The van der Waals surface area contributed by atoms with E-state index in [1.807, 2.05) is 6.07 Å². The van der Waals surface area contributed by atoms with Crippen LogP contribution in [0.2, 0.25) is 0 Å². The SMILES string of the molecule is O=C(NCc1ccccn1)c1cn2cc(-c3cccc(C(F)(F)F)c3)sc2n1. The molecule has 142 valence electrons. The highest BCUT2D eigenvalue weighted by atomic mass is 32.1. The van der Waals surface area contributed by atoms with E-state index in [9.17, 15) is 18.0 Å². The first kappa shape index (κ1) is 18.2. The monoisotopic (exact) mass is 402 g/mol. The predicted octanol–water partition coefficient (Wildman–Crippen LogP) is 4.41. The van der Waals surface area contributed by atoms with Crippen molar-refractivity contribution in [3.8, 4) is 10.4 Å². The molecular formula is C19H13F3N4OS. The minimum absolute atomic E-state index is 0.234. The van der Waals surface area contributed by atoms with Crippen LogP contribution >= 0.6 is 11.3 Å². The first-order chi connectivity index (χ1) is 13.4. The number of rotatable bonds is 4. The number of nitrogens with zero attached hydrogens (tertiary/aromatic N) is 3. The molecule has 4 rings (SSSR count). The maximum Gasteiger partial charge on any atom is 0.416 e. The van der Waals surface area contributed by atoms with E-state index in [2.05, 4.69) is 15.3 Å². The number of carbonyl (C=O) groups excluding carboxylic acids is 1. The van der Waals surface area contributed by atoms with Crippen LogP contribution in [0.5, 0.6) is 0 Å². The molecule has 28 heavy (non-hydrogen) atoms. The Morgan fingerprint density at radius 2 is 2.00 bits per heavy atom. The van der Waals surface area contributed by atoms with Gasteiger partial charge in [0.05, 0.1) is 22.7 Å². The molecule has 1 aromatic carbocycles. The van der Waals surface area contributed by atoms with Gasteiger partial charge in [0, 0.05) is 18.6 Å². The fraction of sp³-hybridized carbons (Fsp3) is 0.105. The second-order valence-electron chi connectivity index (χ2n) is 5.99. The van der Waals surface area contributed by atoms with Gasteiger partial charge in [-0.05, 0) is 29.8 Å². The largest absolute Gasteiger partial charge is 0.416 e. The van der Waals surface area contributed by atoms with Gasteiger partial charge in [-0.3, -0.25) is 14.2 Å². The number of imidazole rings is 1. The van der Waals surface area contributed by atoms with Crippen molar-refractivity contribution in [1.29, 1.82) is 0 Å². The molecule has 5 nitrogen and oxygen atoms in total. The zero-order valence-corrected chi connectivity index (χ0v) is 15.1. The molecule has 0 fully saturated rings. The molecule has 0 aliphatic rings. The van der Waals surface area contributed by atoms with Crippen molar-refractivity contribution in [1.82, 2.24) is 19.7 Å². The van der Waals surface area contributed by atoms with Crippen molar-refractivity contribution < 1.29 is 18.0 Å². The molecule has 3 heterocycles. The third kappa shape index (κ3) is 3.74. The number of carbonyl (C=O) groups is 1. The van der Waals surface area contributed by atoms with E-state index in [-0.39, 0.29) is 18.1 Å². The van der Waals surface area contributed by atoms with E-state index in [0.717, 1.165) is 17.8 Å². The normalized spacial score (nSPS) is 11.7. The predicted molar refractivity (Wildman–Crippen MR) is 98.9 cm³/mol. The molecule has 4 aromatic rings. The number of amides is 1. The minimum atomic E-state index is -4.40. The average molecular weight is 402 g/mol. The van der Waals surface area contributed by atoms with E-state index < -0.39 is 11.7 Å². The molecule has 0 aliphatic heterocycles. The number of hydrogen-bond donors (Lipinski definition) is 1. The Labute approximate surface area is 161 Å². The highest BCUT2D eigenvalue weighted by Gasteiger charge is 2.30. The Morgan fingerprint density at radius 1 is 1.14 bits per heavy atom. The molecule has 1 amide bonds. The van der Waals surface area contributed by atoms with Gasteiger partial charge in [0.25, 0.3) is 5.91 Å². The number of hydrogen-bond acceptors (Lipinski definition) is 4. The summed E-state index contributed by atoms with van der Waals surface area (Å²) < 4.78 is 40.3. The molecule has 0 saturated carbocycles. The quantitative estimate of drug-likeness (QED) is 0.550. The van der Waals surface area contributed by atoms with E-state index in [0.29, 0.717) is 15.4 Å². The third-order valence-corrected chi connectivity index (χ3v) is 5.06. The van der Waals surface area contributed by atoms with Gasteiger partial charge >= 0.3 is 6.18 Å². The third-order valence-electron chi connectivity index (χ3n) is 4.02. The number of nitrogens with one attached hydrogen (secondary N) is 1. The van der Waals surface area contributed by atoms with Gasteiger partial charge in [-0.25, -0.2) is 4.98 Å². The zero-order valence-electron chi connectivity index (χ0n) is 14.3. The number of halogens is 3. The number of thiazole rings is 1. The lowest BCUT2D eigenvalue weighted by molar-refractivity contribution is -0.137. The fourth-order valence-corrected chi connectivity index (χ4v) is 3.61. The van der Waals surface area contributed by atoms with Crippen LogP contribution in [0.1, 0.15) is 21.7 Å². The molecule has 9 heteroatoms. The van der Waals surface area contributed by atoms with E-state index >= 15 is 0 Å². The molecule has 0 saturated heterocycles. The lowest BCUT2D eigenvalue weighted by Gasteiger charge is -2.07. The van der Waals surface area contributed by atoms with Gasteiger partial charge in [-0.15, -0.1) is 0 Å². The maximum absolute atomic E-state index is 12.9. The second-order valence-corrected chi connectivity index (χ2v) is 7.00. The lowest BCUT2D eigenvalue weighted by Crippen LogP contribution is -2.23. The van der Waals surface area contributed by atoms with Crippen LogP contribution in [0.15, 0.2) is 61.1 Å². The van der Waals surface area contributed by atoms with Gasteiger partial charge in [0.15, 0.2) is 4.96 Å². The topological polar surface area (TPSA) is 59.3 Å². The summed E-state index contributed by atoms with van der Waals surface area (Å²) in [7, 11) is 0. The summed E-state index contributed by atoms with van der Waals surface area (Å²) in [6, 6.07) is 10.5. The Bertz CT molecular complexity index is 1100. The Morgan fingerprint density at radius 3 is 2.71 bits per heavy atom. The number of alkyl halides is 3. The Kier molecular flexibility index (Phi) is 4.60. The van der Waals surface area contributed by atoms with Crippen molar-refractivity contribution in [2.24, 2.45) is 0 Å². The number of aromatic nitrogens is 3. The molecular weight excluding hydrogens is 389 g/mol. The first-order valence-electron chi connectivity index (χ1n) is 8.24. The molecule has 0 aliphatic carbocycles. The molecule has 3 aromatic heterocycles. The van der Waals surface area contributed by atoms with Gasteiger partial charge in [0.1, 0.15) is 5.69 Å². The van der Waals surface area contributed by atoms with Crippen LogP contribution in [0, 0.1) is 0 Å². The lowest BCUT2D eigenvalue weighted by atomic mass is 10.1. The summed E-state index contributed by atoms with van der Waals surface area (Å²) in [5.74, 6) is -0.345. The second kappa shape index (κ2) is 7.08. The van der Waals surface area contributed by atoms with E-state index in [4.69, 9.17) is 0 Å². The summed E-state index contributed by atoms with van der Waals surface area (Å²) in [6.07, 6.45) is 0.463. The summed E-state index contributed by atoms with van der Waals surface area (Å²) >= 11 is 1.21. The Balaban J connectivity index is 1.53. The molecule has 0 spiro atoms. The molecule has 1 N–H and O–H groups in total. The van der Waals surface area contributed by atoms with Crippen LogP contribution in [-0.2, 0) is 12.7 Å². The highest BCUT2D eigenvalue weighted by molar-refractivity contribution is 7.20. The smallest absolute Gasteiger partial charge is 0.345 e. The van der Waals surface area contributed by atoms with Gasteiger partial charge < -0.3 is 5.32 Å². The maximum atomic E-state index is 12.9. The standard InChI is InChI=1S/C19H13F3N4OS/c20-19(21,22)13-5-3-4-12(8-13)16-11-26-10-15(25-18(26)28-16)17(27)24-9-14-6-1-2-7-23-14/h1-8,10-11H,9H2,(H,24,27). The first-order valence-corrected chi connectivity index (χ1v) is 9.06. The van der Waals surface area contributed by atoms with Gasteiger partial charge in [0.2, 0.25) is 0 Å². The van der Waals surface area contributed by atoms with Crippen molar-refractivity contribution in [3.63, 3.8) is 0 Å². The van der Waals surface area contributed by atoms with E-state index in [1.165, 1.54) is 17.4 Å². The van der Waals surface area contributed by atoms with Crippen molar-refractivity contribution in [3.05, 3.63) is 78.0 Å². The van der Waals surface area contributed by atoms with Crippen LogP contribution in [-0.4, -0.2) is 20.3 Å². The molecule has 0 bridgehead atoms. The molecule has 0 radical (unpaired) electrons. The Hall–Kier alpha value is -3.20. The van der Waals surface area contributed by atoms with Crippen LogP contribution in [0.25, 0.3) is 15.4 Å². The number of fused-ring (bicyclic) bond motifs is 1. The van der Waals surface area contributed by atoms with E-state index in [1.54, 1.807) is 41.2 Å². The summed E-state index contributed by atoms with van der Waals surface area (Å²) in [4.78, 5) is 21.8. The molecule has 0 atom stereocenters. The summed E-state index contributed by atoms with van der Waals surface area (Å²) in [5.41, 5.74) is 0.707. The number of benzene rings is 1. The average Bonchev–Trinajstić information content (AvgIpc) is 3.26. The summed E-state index contributed by atoms with van der Waals surface area (Å²) in [5, 5.41) is 2.74. The van der Waals surface area contributed by atoms with Crippen LogP contribution in [0.3, 0.4) is 0 Å². The van der Waals surface area contributed by atoms with Crippen molar-refractivity contribution >= 4 is 22.2 Å². The summed E-state index contributed by atoms with van der Waals surface area (Å²) in [6.45, 7) is 0.278. The molecule has 0 unspecified atom stereocenters. The van der Waals surface area contributed by atoms with Crippen molar-refractivity contribution in [2.45, 2.75) is 12.7 Å². The van der Waals surface area contributed by atoms with Crippen LogP contribution < -0.4 is 5.32 Å². The zero-order chi connectivity index (χ0) is 19.7. The van der Waals surface area contributed by atoms with Gasteiger partial charge in [-0.1, -0.05) is 29.5 Å². The fourth-order valence-electron chi connectivity index (χ4n) is 2.65.